The fourth-order valence-electron chi connectivity index (χ4n) is 3.28. The van der Waals surface area contributed by atoms with Gasteiger partial charge in [0.2, 0.25) is 0 Å². The van der Waals surface area contributed by atoms with Gasteiger partial charge in [-0.25, -0.2) is 5.21 Å². The highest BCUT2D eigenvalue weighted by molar-refractivity contribution is 5.82. The normalized spacial score (nSPS) is 12.7. The summed E-state index contributed by atoms with van der Waals surface area (Å²) in [7, 11) is 0. The van der Waals surface area contributed by atoms with Gasteiger partial charge in [0.15, 0.2) is 0 Å². The predicted octanol–water partition coefficient (Wildman–Crippen LogP) is 4.23. The smallest absolute Gasteiger partial charge is 0.113 e. The van der Waals surface area contributed by atoms with Crippen LogP contribution in [0.5, 0.6) is 0 Å². The van der Waals surface area contributed by atoms with Crippen LogP contribution in [0.25, 0.3) is 10.9 Å². The average Bonchev–Trinajstić information content (AvgIpc) is 2.77. The number of hydroxylamine groups is 3. The molecule has 21 heavy (non-hydrogen) atoms. The highest BCUT2D eigenvalue weighted by atomic mass is 16.5. The lowest BCUT2D eigenvalue weighted by molar-refractivity contribution is -1.11. The summed E-state index contributed by atoms with van der Waals surface area (Å²) in [6.07, 6.45) is 2.99. The number of aromatic nitrogens is 1. The van der Waals surface area contributed by atoms with Crippen molar-refractivity contribution in [3.63, 3.8) is 0 Å². The number of hydrogen-bond acceptors (Lipinski definition) is 1. The molecule has 116 valence electrons. The molecule has 3 heteroatoms. The van der Waals surface area contributed by atoms with Crippen LogP contribution in [0.3, 0.4) is 0 Å². The molecule has 0 saturated heterocycles. The quantitative estimate of drug-likeness (QED) is 0.581. The summed E-state index contributed by atoms with van der Waals surface area (Å²) in [5.41, 5.74) is 2.48. The van der Waals surface area contributed by atoms with E-state index in [4.69, 9.17) is 0 Å². The predicted molar refractivity (Wildman–Crippen MR) is 88.3 cm³/mol. The molecule has 0 saturated carbocycles. The van der Waals surface area contributed by atoms with Gasteiger partial charge in [-0.15, -0.1) is 0 Å². The van der Waals surface area contributed by atoms with E-state index >= 15 is 0 Å². The maximum absolute atomic E-state index is 11.0. The van der Waals surface area contributed by atoms with Crippen LogP contribution in [0.4, 0.5) is 0 Å². The van der Waals surface area contributed by atoms with E-state index < -0.39 is 0 Å². The third-order valence-electron chi connectivity index (χ3n) is 3.88. The fourth-order valence-corrected chi connectivity index (χ4v) is 3.28. The number of para-hydroxylation sites is 1. The number of nitrogens with zero attached hydrogens (tertiary/aromatic N) is 1. The zero-order valence-electron chi connectivity index (χ0n) is 13.8. The maximum atomic E-state index is 11.0. The fraction of sp³-hybridized carbons (Fsp3) is 0.556. The Morgan fingerprint density at radius 1 is 1.05 bits per heavy atom. The van der Waals surface area contributed by atoms with Gasteiger partial charge in [0, 0.05) is 35.4 Å². The number of nitrogens with one attached hydrogen (secondary N) is 1. The van der Waals surface area contributed by atoms with Crippen molar-refractivity contribution < 1.29 is 9.85 Å². The van der Waals surface area contributed by atoms with Gasteiger partial charge in [-0.1, -0.05) is 45.9 Å². The van der Waals surface area contributed by atoms with E-state index in [2.05, 4.69) is 57.1 Å². The number of hydrogen-bond donors (Lipinski definition) is 2. The summed E-state index contributed by atoms with van der Waals surface area (Å²) in [5, 5.41) is 12.2. The van der Waals surface area contributed by atoms with Crippen LogP contribution in [0.15, 0.2) is 30.5 Å². The largest absolute Gasteiger partial charge is 0.361 e. The van der Waals surface area contributed by atoms with Crippen LogP contribution >= 0.6 is 0 Å². The van der Waals surface area contributed by atoms with Crippen molar-refractivity contribution in [2.45, 2.75) is 34.1 Å². The molecule has 3 nitrogen and oxygen atoms in total. The molecule has 2 rings (SSSR count). The van der Waals surface area contributed by atoms with Crippen LogP contribution in [-0.4, -0.2) is 34.5 Å². The first kappa shape index (κ1) is 16.1. The number of quaternary nitrogens is 1. The van der Waals surface area contributed by atoms with Gasteiger partial charge in [-0.2, -0.15) is 4.65 Å². The van der Waals surface area contributed by atoms with E-state index in [-0.39, 0.29) is 4.65 Å². The van der Waals surface area contributed by atoms with E-state index in [1.807, 2.05) is 6.07 Å². The molecular weight excluding hydrogens is 260 g/mol. The first-order valence-electron chi connectivity index (χ1n) is 8.03. The molecule has 0 bridgehead atoms. The van der Waals surface area contributed by atoms with Crippen LogP contribution in [-0.2, 0) is 6.42 Å². The molecule has 0 aliphatic rings. The summed E-state index contributed by atoms with van der Waals surface area (Å²) in [5.74, 6) is 0.994. The topological polar surface area (TPSA) is 36.0 Å². The zero-order chi connectivity index (χ0) is 15.5. The van der Waals surface area contributed by atoms with Crippen molar-refractivity contribution in [2.75, 3.05) is 19.6 Å². The summed E-state index contributed by atoms with van der Waals surface area (Å²) in [4.78, 5) is 3.32. The Labute approximate surface area is 128 Å². The molecule has 2 aromatic rings. The maximum Gasteiger partial charge on any atom is 0.113 e. The van der Waals surface area contributed by atoms with Crippen molar-refractivity contribution in [1.29, 1.82) is 0 Å². The lowest BCUT2D eigenvalue weighted by Gasteiger charge is -2.33. The monoisotopic (exact) mass is 289 g/mol. The summed E-state index contributed by atoms with van der Waals surface area (Å²) >= 11 is 0. The van der Waals surface area contributed by atoms with Crippen molar-refractivity contribution >= 4 is 10.9 Å². The van der Waals surface area contributed by atoms with Crippen LogP contribution in [0, 0.1) is 11.8 Å². The third-order valence-corrected chi connectivity index (χ3v) is 3.88. The van der Waals surface area contributed by atoms with E-state index in [1.54, 1.807) is 0 Å². The molecule has 0 atom stereocenters. The van der Waals surface area contributed by atoms with Gasteiger partial charge >= 0.3 is 0 Å². The van der Waals surface area contributed by atoms with Gasteiger partial charge in [-0.3, -0.25) is 0 Å². The molecule has 1 aromatic heterocycles. The Kier molecular flexibility index (Phi) is 5.07. The van der Waals surface area contributed by atoms with Crippen LogP contribution < -0.4 is 0 Å². The Morgan fingerprint density at radius 3 is 2.29 bits per heavy atom. The number of H-pyrrole nitrogens is 1. The molecular formula is C18H29N2O+. The van der Waals surface area contributed by atoms with E-state index in [1.165, 1.54) is 16.5 Å². The lowest BCUT2D eigenvalue weighted by atomic mass is 10.1. The Hall–Kier alpha value is -1.32. The Bertz CT molecular complexity index is 561. The number of rotatable bonds is 7. The van der Waals surface area contributed by atoms with Crippen LogP contribution in [0.2, 0.25) is 0 Å². The molecule has 0 spiro atoms. The van der Waals surface area contributed by atoms with Gasteiger partial charge in [0.25, 0.3) is 0 Å². The van der Waals surface area contributed by atoms with Gasteiger partial charge in [0.1, 0.15) is 19.6 Å². The summed E-state index contributed by atoms with van der Waals surface area (Å²) in [6.45, 7) is 11.1. The van der Waals surface area contributed by atoms with Crippen LogP contribution in [0.1, 0.15) is 33.3 Å². The molecule has 0 aliphatic carbocycles. The lowest BCUT2D eigenvalue weighted by Crippen LogP contribution is -2.50. The Morgan fingerprint density at radius 2 is 1.67 bits per heavy atom. The van der Waals surface area contributed by atoms with E-state index in [0.717, 1.165) is 26.1 Å². The molecule has 2 N–H and O–H groups in total. The number of fused-ring (bicyclic) bond motifs is 1. The zero-order valence-corrected chi connectivity index (χ0v) is 13.8. The standard InChI is InChI=1S/C18H29N2O/c1-14(2)12-20(21,13-15(3)4)10-9-16-11-19-18-8-6-5-7-17(16)18/h5-8,11,14-15,19,21H,9-10,12-13H2,1-4H3/q+1. The molecule has 0 fully saturated rings. The van der Waals surface area contributed by atoms with Crippen molar-refractivity contribution in [3.05, 3.63) is 36.0 Å². The molecule has 0 radical (unpaired) electrons. The minimum atomic E-state index is 0.175. The van der Waals surface area contributed by atoms with Gasteiger partial charge in [-0.05, 0) is 11.6 Å². The third kappa shape index (κ3) is 4.32. The van der Waals surface area contributed by atoms with Gasteiger partial charge in [0.05, 0.1) is 0 Å². The molecule has 1 aromatic carbocycles. The Balaban J connectivity index is 2.10. The summed E-state index contributed by atoms with van der Waals surface area (Å²) in [6, 6.07) is 8.37. The van der Waals surface area contributed by atoms with Crippen molar-refractivity contribution in [3.8, 4) is 0 Å². The van der Waals surface area contributed by atoms with Gasteiger partial charge < -0.3 is 4.98 Å². The second-order valence-electron chi connectivity index (χ2n) is 7.08. The summed E-state index contributed by atoms with van der Waals surface area (Å²) < 4.78 is 0.175. The molecule has 1 heterocycles. The average molecular weight is 289 g/mol. The second kappa shape index (κ2) is 6.63. The van der Waals surface area contributed by atoms with E-state index in [9.17, 15) is 5.21 Å². The highest BCUT2D eigenvalue weighted by Crippen LogP contribution is 2.20. The number of aromatic amines is 1. The molecule has 0 unspecified atom stereocenters. The molecule has 0 amide bonds. The SMILES string of the molecule is CC(C)C[N+](O)(CCc1c[nH]c2ccccc12)CC(C)C. The minimum absolute atomic E-state index is 0.175. The highest BCUT2D eigenvalue weighted by Gasteiger charge is 2.28. The van der Waals surface area contributed by atoms with E-state index in [0.29, 0.717) is 11.8 Å². The minimum Gasteiger partial charge on any atom is -0.361 e. The second-order valence-corrected chi connectivity index (χ2v) is 7.08. The molecule has 0 aliphatic heterocycles. The van der Waals surface area contributed by atoms with Crippen molar-refractivity contribution in [1.82, 2.24) is 4.98 Å². The first-order chi connectivity index (χ1) is 9.89. The first-order valence-corrected chi connectivity index (χ1v) is 8.03. The number of benzene rings is 1. The van der Waals surface area contributed by atoms with Crippen molar-refractivity contribution in [2.24, 2.45) is 11.8 Å².